The molecule has 2 nitrogen and oxygen atoms in total. The molecular weight excluding hydrogens is 524 g/mol. The predicted molar refractivity (Wildman–Crippen MR) is 122 cm³/mol. The molecule has 0 unspecified atom stereocenters. The molecule has 0 aliphatic carbocycles. The standard InChI is InChI=1S/C22H13Br2ClO2S/c23-17-9-14(11-20-21(26)16-3-1-2-4-19(16)28-20)10-18(24)22(17)27-12-13-5-7-15(25)8-6-13/h1-11H,12H2/b20-11-. The van der Waals surface area contributed by atoms with Gasteiger partial charge in [0.25, 0.3) is 0 Å². The monoisotopic (exact) mass is 534 g/mol. The summed E-state index contributed by atoms with van der Waals surface area (Å²) in [5.74, 6) is 0.779. The van der Waals surface area contributed by atoms with Gasteiger partial charge in [0.15, 0.2) is 0 Å². The van der Waals surface area contributed by atoms with Crippen LogP contribution < -0.4 is 4.74 Å². The molecule has 3 aromatic carbocycles. The average Bonchev–Trinajstić information content (AvgIpc) is 2.98. The summed E-state index contributed by atoms with van der Waals surface area (Å²) in [4.78, 5) is 14.3. The number of carbonyl (C=O) groups excluding carboxylic acids is 1. The number of thioether (sulfide) groups is 1. The molecule has 1 heterocycles. The maximum absolute atomic E-state index is 12.6. The quantitative estimate of drug-likeness (QED) is 0.319. The van der Waals surface area contributed by atoms with Crippen molar-refractivity contribution >= 4 is 67.1 Å². The van der Waals surface area contributed by atoms with Gasteiger partial charge < -0.3 is 4.74 Å². The number of allylic oxidation sites excluding steroid dienone is 1. The minimum atomic E-state index is 0.0657. The second-order valence-corrected chi connectivity index (χ2v) is 9.39. The average molecular weight is 537 g/mol. The molecule has 0 fully saturated rings. The fraction of sp³-hybridized carbons (Fsp3) is 0.0455. The highest BCUT2D eigenvalue weighted by Gasteiger charge is 2.25. The van der Waals surface area contributed by atoms with E-state index in [1.54, 1.807) is 0 Å². The number of Topliss-reactive ketones (excluding diaryl/α,β-unsaturated/α-hetero) is 1. The fourth-order valence-corrected chi connectivity index (χ4v) is 5.45. The molecule has 0 aromatic heterocycles. The van der Waals surface area contributed by atoms with Crippen LogP contribution in [0, 0.1) is 0 Å². The molecule has 0 bridgehead atoms. The van der Waals surface area contributed by atoms with Crippen molar-refractivity contribution in [2.45, 2.75) is 11.5 Å². The van der Waals surface area contributed by atoms with Gasteiger partial charge in [-0.05, 0) is 85.5 Å². The van der Waals surface area contributed by atoms with E-state index >= 15 is 0 Å². The second kappa shape index (κ2) is 8.46. The molecule has 0 spiro atoms. The van der Waals surface area contributed by atoms with Crippen molar-refractivity contribution in [1.82, 2.24) is 0 Å². The highest BCUT2D eigenvalue weighted by molar-refractivity contribution is 9.11. The number of rotatable bonds is 4. The van der Waals surface area contributed by atoms with Gasteiger partial charge >= 0.3 is 0 Å². The molecule has 0 saturated heterocycles. The zero-order chi connectivity index (χ0) is 19.7. The van der Waals surface area contributed by atoms with Gasteiger partial charge in [0.05, 0.1) is 13.9 Å². The van der Waals surface area contributed by atoms with Crippen LogP contribution in [-0.4, -0.2) is 5.78 Å². The molecule has 0 atom stereocenters. The maximum atomic E-state index is 12.6. The van der Waals surface area contributed by atoms with Gasteiger partial charge in [0, 0.05) is 15.5 Å². The van der Waals surface area contributed by atoms with Crippen LogP contribution in [0.4, 0.5) is 0 Å². The third-order valence-electron chi connectivity index (χ3n) is 4.19. The first-order chi connectivity index (χ1) is 13.5. The van der Waals surface area contributed by atoms with Crippen molar-refractivity contribution in [3.63, 3.8) is 0 Å². The smallest absolute Gasteiger partial charge is 0.200 e. The molecule has 6 heteroatoms. The largest absolute Gasteiger partial charge is 0.487 e. The van der Waals surface area contributed by atoms with E-state index in [1.807, 2.05) is 66.7 Å². The van der Waals surface area contributed by atoms with Crippen molar-refractivity contribution in [2.75, 3.05) is 0 Å². The first kappa shape index (κ1) is 19.8. The molecule has 0 saturated carbocycles. The van der Waals surface area contributed by atoms with Gasteiger partial charge in [0.2, 0.25) is 5.78 Å². The molecule has 1 aliphatic heterocycles. The van der Waals surface area contributed by atoms with E-state index in [4.69, 9.17) is 16.3 Å². The number of fused-ring (bicyclic) bond motifs is 1. The summed E-state index contributed by atoms with van der Waals surface area (Å²) in [6.45, 7) is 0.429. The summed E-state index contributed by atoms with van der Waals surface area (Å²) in [6.07, 6.45) is 1.91. The summed E-state index contributed by atoms with van der Waals surface area (Å²) >= 11 is 14.6. The molecule has 28 heavy (non-hydrogen) atoms. The van der Waals surface area contributed by atoms with Gasteiger partial charge in [-0.2, -0.15) is 0 Å². The van der Waals surface area contributed by atoms with Crippen molar-refractivity contribution in [1.29, 1.82) is 0 Å². The van der Waals surface area contributed by atoms with Crippen LogP contribution in [0.2, 0.25) is 5.02 Å². The topological polar surface area (TPSA) is 26.3 Å². The third kappa shape index (κ3) is 4.23. The van der Waals surface area contributed by atoms with E-state index in [0.717, 1.165) is 35.4 Å². The van der Waals surface area contributed by atoms with Crippen LogP contribution in [0.1, 0.15) is 21.5 Å². The Morgan fingerprint density at radius 3 is 2.36 bits per heavy atom. The van der Waals surface area contributed by atoms with Crippen LogP contribution in [0.25, 0.3) is 6.08 Å². The van der Waals surface area contributed by atoms with Gasteiger partial charge in [-0.3, -0.25) is 4.79 Å². The molecule has 3 aromatic rings. The Bertz CT molecular complexity index is 1070. The number of ketones is 1. The molecule has 1 aliphatic rings. The van der Waals surface area contributed by atoms with E-state index in [1.165, 1.54) is 11.8 Å². The van der Waals surface area contributed by atoms with Gasteiger partial charge in [-0.1, -0.05) is 47.6 Å². The Labute approximate surface area is 189 Å². The van der Waals surface area contributed by atoms with E-state index in [2.05, 4.69) is 31.9 Å². The van der Waals surface area contributed by atoms with Gasteiger partial charge in [-0.25, -0.2) is 0 Å². The zero-order valence-corrected chi connectivity index (χ0v) is 19.2. The van der Waals surface area contributed by atoms with E-state index in [9.17, 15) is 4.79 Å². The summed E-state index contributed by atoms with van der Waals surface area (Å²) in [5.41, 5.74) is 2.71. The normalized spacial score (nSPS) is 14.4. The lowest BCUT2D eigenvalue weighted by Crippen LogP contribution is -1.97. The van der Waals surface area contributed by atoms with Crippen LogP contribution in [0.5, 0.6) is 5.75 Å². The lowest BCUT2D eigenvalue weighted by Gasteiger charge is -2.12. The number of hydrogen-bond donors (Lipinski definition) is 0. The maximum Gasteiger partial charge on any atom is 0.200 e. The Morgan fingerprint density at radius 2 is 1.68 bits per heavy atom. The van der Waals surface area contributed by atoms with Gasteiger partial charge in [-0.15, -0.1) is 0 Å². The molecule has 0 N–H and O–H groups in total. The predicted octanol–water partition coefficient (Wildman–Crippen LogP) is 7.77. The van der Waals surface area contributed by atoms with E-state index in [0.29, 0.717) is 17.4 Å². The van der Waals surface area contributed by atoms with Crippen LogP contribution in [0.3, 0.4) is 0 Å². The van der Waals surface area contributed by atoms with E-state index < -0.39 is 0 Å². The highest BCUT2D eigenvalue weighted by atomic mass is 79.9. The number of hydrogen-bond acceptors (Lipinski definition) is 3. The Hall–Kier alpha value is -1.53. The number of ether oxygens (including phenoxy) is 1. The second-order valence-electron chi connectivity index (χ2n) is 6.16. The zero-order valence-electron chi connectivity index (χ0n) is 14.4. The van der Waals surface area contributed by atoms with Crippen molar-refractivity contribution in [3.8, 4) is 5.75 Å². The highest BCUT2D eigenvalue weighted by Crippen LogP contribution is 2.42. The first-order valence-electron chi connectivity index (χ1n) is 8.41. The number of carbonyl (C=O) groups is 1. The van der Waals surface area contributed by atoms with Gasteiger partial charge in [0.1, 0.15) is 12.4 Å². The Balaban J connectivity index is 1.55. The third-order valence-corrected chi connectivity index (χ3v) is 6.72. The van der Waals surface area contributed by atoms with E-state index in [-0.39, 0.29) is 5.78 Å². The molecule has 0 radical (unpaired) electrons. The fourth-order valence-electron chi connectivity index (χ4n) is 2.82. The number of halogens is 3. The summed E-state index contributed by atoms with van der Waals surface area (Å²) in [5, 5.41) is 0.699. The van der Waals surface area contributed by atoms with Crippen LogP contribution in [0.15, 0.2) is 79.4 Å². The summed E-state index contributed by atoms with van der Waals surface area (Å²) in [6, 6.07) is 19.1. The summed E-state index contributed by atoms with van der Waals surface area (Å²) < 4.78 is 7.59. The van der Waals surface area contributed by atoms with Crippen molar-refractivity contribution in [3.05, 3.63) is 96.2 Å². The molecular formula is C22H13Br2ClO2S. The molecule has 140 valence electrons. The number of benzene rings is 3. The summed E-state index contributed by atoms with van der Waals surface area (Å²) in [7, 11) is 0. The minimum Gasteiger partial charge on any atom is -0.487 e. The molecule has 0 amide bonds. The van der Waals surface area contributed by atoms with Crippen molar-refractivity contribution < 1.29 is 9.53 Å². The molecule has 4 rings (SSSR count). The first-order valence-corrected chi connectivity index (χ1v) is 11.2. The Kier molecular flexibility index (Phi) is 5.97. The lowest BCUT2D eigenvalue weighted by atomic mass is 10.1. The van der Waals surface area contributed by atoms with Crippen LogP contribution in [-0.2, 0) is 6.61 Å². The Morgan fingerprint density at radius 1 is 1.00 bits per heavy atom. The minimum absolute atomic E-state index is 0.0657. The van der Waals surface area contributed by atoms with Crippen LogP contribution >= 0.6 is 55.2 Å². The SMILES string of the molecule is O=C1/C(=C/c2cc(Br)c(OCc3ccc(Cl)cc3)c(Br)c2)Sc2ccccc21. The van der Waals surface area contributed by atoms with Crippen molar-refractivity contribution in [2.24, 2.45) is 0 Å². The lowest BCUT2D eigenvalue weighted by molar-refractivity contribution is 0.104.